The molecular formula is C12H21NO4. The molecule has 0 aromatic carbocycles. The standard InChI is InChI=1S/C12H21NO4/c1-9(2)13(8-12(15)16)11(14)7-10-3-5-17-6-4-10/h9-10H,3-8H2,1-2H3,(H,15,16). The summed E-state index contributed by atoms with van der Waals surface area (Å²) in [7, 11) is 0. The van der Waals surface area contributed by atoms with Crippen LogP contribution < -0.4 is 0 Å². The molecule has 0 atom stereocenters. The molecule has 5 nitrogen and oxygen atoms in total. The van der Waals surface area contributed by atoms with Crippen molar-refractivity contribution < 1.29 is 19.4 Å². The van der Waals surface area contributed by atoms with Crippen LogP contribution in [-0.4, -0.2) is 47.7 Å². The van der Waals surface area contributed by atoms with Gasteiger partial charge in [0.2, 0.25) is 5.91 Å². The predicted octanol–water partition coefficient (Wildman–Crippen LogP) is 1.12. The van der Waals surface area contributed by atoms with E-state index in [2.05, 4.69) is 0 Å². The molecule has 1 N–H and O–H groups in total. The van der Waals surface area contributed by atoms with Gasteiger partial charge in [-0.3, -0.25) is 9.59 Å². The quantitative estimate of drug-likeness (QED) is 0.786. The van der Waals surface area contributed by atoms with Crippen molar-refractivity contribution in [3.8, 4) is 0 Å². The third kappa shape index (κ3) is 4.73. The third-order valence-electron chi connectivity index (χ3n) is 3.05. The van der Waals surface area contributed by atoms with Crippen molar-refractivity contribution in [2.75, 3.05) is 19.8 Å². The number of ether oxygens (including phenoxy) is 1. The van der Waals surface area contributed by atoms with Crippen molar-refractivity contribution in [2.24, 2.45) is 5.92 Å². The number of carboxylic acids is 1. The smallest absolute Gasteiger partial charge is 0.323 e. The molecule has 1 amide bonds. The van der Waals surface area contributed by atoms with Gasteiger partial charge in [0.05, 0.1) is 0 Å². The Morgan fingerprint density at radius 2 is 1.94 bits per heavy atom. The zero-order chi connectivity index (χ0) is 12.8. The minimum atomic E-state index is -0.959. The average Bonchev–Trinajstić information content (AvgIpc) is 2.26. The highest BCUT2D eigenvalue weighted by Gasteiger charge is 2.24. The molecular weight excluding hydrogens is 222 g/mol. The molecule has 1 rings (SSSR count). The molecule has 0 aliphatic carbocycles. The summed E-state index contributed by atoms with van der Waals surface area (Å²) in [6, 6.07) is -0.0709. The van der Waals surface area contributed by atoms with Gasteiger partial charge in [-0.15, -0.1) is 0 Å². The lowest BCUT2D eigenvalue weighted by Crippen LogP contribution is -2.41. The first kappa shape index (κ1) is 14.0. The molecule has 1 saturated heterocycles. The summed E-state index contributed by atoms with van der Waals surface area (Å²) in [6.45, 7) is 4.88. The lowest BCUT2D eigenvalue weighted by Gasteiger charge is -2.28. The Balaban J connectivity index is 2.49. The SMILES string of the molecule is CC(C)N(CC(=O)O)C(=O)CC1CCOCC1. The van der Waals surface area contributed by atoms with E-state index in [9.17, 15) is 9.59 Å². The summed E-state index contributed by atoms with van der Waals surface area (Å²) in [6.07, 6.45) is 2.23. The lowest BCUT2D eigenvalue weighted by atomic mass is 9.95. The number of carbonyl (C=O) groups excluding carboxylic acids is 1. The molecule has 0 unspecified atom stereocenters. The minimum Gasteiger partial charge on any atom is -0.480 e. The van der Waals surface area contributed by atoms with Crippen LogP contribution in [0.1, 0.15) is 33.1 Å². The van der Waals surface area contributed by atoms with Crippen molar-refractivity contribution in [1.29, 1.82) is 0 Å². The molecule has 1 aliphatic heterocycles. The highest BCUT2D eigenvalue weighted by atomic mass is 16.5. The van der Waals surface area contributed by atoms with Crippen LogP contribution in [-0.2, 0) is 14.3 Å². The molecule has 1 fully saturated rings. The van der Waals surface area contributed by atoms with Crippen LogP contribution in [0.15, 0.2) is 0 Å². The van der Waals surface area contributed by atoms with Gasteiger partial charge in [-0.2, -0.15) is 0 Å². The van der Waals surface area contributed by atoms with Crippen molar-refractivity contribution in [2.45, 2.75) is 39.2 Å². The maximum atomic E-state index is 12.0. The lowest BCUT2D eigenvalue weighted by molar-refractivity contribution is -0.146. The molecule has 0 spiro atoms. The van der Waals surface area contributed by atoms with Gasteiger partial charge < -0.3 is 14.7 Å². The fourth-order valence-corrected chi connectivity index (χ4v) is 2.02. The van der Waals surface area contributed by atoms with Gasteiger partial charge in [-0.1, -0.05) is 0 Å². The topological polar surface area (TPSA) is 66.8 Å². The number of aliphatic carboxylic acids is 1. The van der Waals surface area contributed by atoms with Crippen LogP contribution in [0, 0.1) is 5.92 Å². The van der Waals surface area contributed by atoms with Crippen LogP contribution in [0.5, 0.6) is 0 Å². The first-order chi connectivity index (χ1) is 8.00. The molecule has 0 aromatic rings. The number of carbonyl (C=O) groups is 2. The predicted molar refractivity (Wildman–Crippen MR) is 62.6 cm³/mol. The Kier molecular flexibility index (Phi) is 5.41. The van der Waals surface area contributed by atoms with E-state index >= 15 is 0 Å². The zero-order valence-corrected chi connectivity index (χ0v) is 10.5. The Bertz CT molecular complexity index is 272. The second kappa shape index (κ2) is 6.59. The number of nitrogens with zero attached hydrogens (tertiary/aromatic N) is 1. The first-order valence-electron chi connectivity index (χ1n) is 6.09. The summed E-state index contributed by atoms with van der Waals surface area (Å²) in [5.41, 5.74) is 0. The minimum absolute atomic E-state index is 0.0608. The molecule has 0 bridgehead atoms. The van der Waals surface area contributed by atoms with Crippen LogP contribution in [0.2, 0.25) is 0 Å². The number of amides is 1. The zero-order valence-electron chi connectivity index (χ0n) is 10.5. The molecule has 17 heavy (non-hydrogen) atoms. The number of carboxylic acid groups (broad SMARTS) is 1. The van der Waals surface area contributed by atoms with Crippen molar-refractivity contribution in [1.82, 2.24) is 4.90 Å². The van der Waals surface area contributed by atoms with E-state index in [1.54, 1.807) is 0 Å². The van der Waals surface area contributed by atoms with Gasteiger partial charge >= 0.3 is 5.97 Å². The molecule has 0 radical (unpaired) electrons. The summed E-state index contributed by atoms with van der Waals surface area (Å²) in [4.78, 5) is 24.1. The van der Waals surface area contributed by atoms with E-state index in [-0.39, 0.29) is 18.5 Å². The molecule has 0 saturated carbocycles. The summed E-state index contributed by atoms with van der Waals surface area (Å²) in [5, 5.41) is 8.77. The molecule has 0 aromatic heterocycles. The largest absolute Gasteiger partial charge is 0.480 e. The fraction of sp³-hybridized carbons (Fsp3) is 0.833. The number of hydrogen-bond acceptors (Lipinski definition) is 3. The van der Waals surface area contributed by atoms with Crippen LogP contribution >= 0.6 is 0 Å². The van der Waals surface area contributed by atoms with Crippen LogP contribution in [0.4, 0.5) is 0 Å². The van der Waals surface area contributed by atoms with E-state index in [1.165, 1.54) is 4.90 Å². The summed E-state index contributed by atoms with van der Waals surface area (Å²) >= 11 is 0. The average molecular weight is 243 g/mol. The molecule has 98 valence electrons. The van der Waals surface area contributed by atoms with Crippen molar-refractivity contribution >= 4 is 11.9 Å². The summed E-state index contributed by atoms with van der Waals surface area (Å²) < 4.78 is 5.23. The number of rotatable bonds is 5. The highest BCUT2D eigenvalue weighted by molar-refractivity contribution is 5.81. The van der Waals surface area contributed by atoms with E-state index < -0.39 is 5.97 Å². The fourth-order valence-electron chi connectivity index (χ4n) is 2.02. The normalized spacial score (nSPS) is 17.1. The first-order valence-corrected chi connectivity index (χ1v) is 6.09. The maximum absolute atomic E-state index is 12.0. The maximum Gasteiger partial charge on any atom is 0.323 e. The number of hydrogen-bond donors (Lipinski definition) is 1. The second-order valence-corrected chi connectivity index (χ2v) is 4.77. The van der Waals surface area contributed by atoms with Gasteiger partial charge in [-0.25, -0.2) is 0 Å². The molecule has 1 heterocycles. The van der Waals surface area contributed by atoms with Crippen molar-refractivity contribution in [3.05, 3.63) is 0 Å². The van der Waals surface area contributed by atoms with E-state index in [4.69, 9.17) is 9.84 Å². The van der Waals surface area contributed by atoms with E-state index in [1.807, 2.05) is 13.8 Å². The monoisotopic (exact) mass is 243 g/mol. The molecule has 5 heteroatoms. The van der Waals surface area contributed by atoms with Gasteiger partial charge in [-0.05, 0) is 32.6 Å². The Morgan fingerprint density at radius 3 is 2.41 bits per heavy atom. The van der Waals surface area contributed by atoms with E-state index in [0.717, 1.165) is 12.8 Å². The summed E-state index contributed by atoms with van der Waals surface area (Å²) in [5.74, 6) is -0.681. The second-order valence-electron chi connectivity index (χ2n) is 4.77. The van der Waals surface area contributed by atoms with Gasteiger partial charge in [0.1, 0.15) is 6.54 Å². The van der Waals surface area contributed by atoms with Gasteiger partial charge in [0.25, 0.3) is 0 Å². The van der Waals surface area contributed by atoms with Gasteiger partial charge in [0, 0.05) is 25.7 Å². The Labute approximate surface area is 102 Å². The van der Waals surface area contributed by atoms with Crippen molar-refractivity contribution in [3.63, 3.8) is 0 Å². The van der Waals surface area contributed by atoms with Crippen LogP contribution in [0.25, 0.3) is 0 Å². The molecule has 1 aliphatic rings. The van der Waals surface area contributed by atoms with E-state index in [0.29, 0.717) is 25.6 Å². The highest BCUT2D eigenvalue weighted by Crippen LogP contribution is 2.20. The third-order valence-corrected chi connectivity index (χ3v) is 3.05. The Morgan fingerprint density at radius 1 is 1.35 bits per heavy atom. The van der Waals surface area contributed by atoms with Gasteiger partial charge in [0.15, 0.2) is 0 Å². The Hall–Kier alpha value is -1.10. The van der Waals surface area contributed by atoms with Crippen LogP contribution in [0.3, 0.4) is 0 Å².